The molecule has 0 radical (unpaired) electrons. The predicted molar refractivity (Wildman–Crippen MR) is 80.9 cm³/mol. The number of carbonyl (C=O) groups is 1. The third-order valence-electron chi connectivity index (χ3n) is 3.20. The van der Waals surface area contributed by atoms with E-state index in [9.17, 15) is 4.79 Å². The van der Waals surface area contributed by atoms with Gasteiger partial charge in [0.05, 0.1) is 6.04 Å². The highest BCUT2D eigenvalue weighted by Crippen LogP contribution is 2.14. The summed E-state index contributed by atoms with van der Waals surface area (Å²) in [5, 5.41) is 2.98. The minimum Gasteiger partial charge on any atom is -0.378 e. The van der Waals surface area contributed by atoms with Crippen LogP contribution in [0.5, 0.6) is 0 Å². The largest absolute Gasteiger partial charge is 0.378 e. The zero-order chi connectivity index (χ0) is 14.5. The molecule has 4 nitrogen and oxygen atoms in total. The van der Waals surface area contributed by atoms with Gasteiger partial charge < -0.3 is 10.2 Å². The number of hydrogen-bond acceptors (Lipinski definition) is 3. The minimum atomic E-state index is -0.0698. The van der Waals surface area contributed by atoms with Gasteiger partial charge in [0.15, 0.2) is 0 Å². The molecule has 0 aliphatic rings. The second kappa shape index (κ2) is 6.19. The maximum atomic E-state index is 12.2. The molecular weight excluding hydrogens is 250 g/mol. The molecule has 1 aromatic carbocycles. The first-order chi connectivity index (χ1) is 9.58. The van der Waals surface area contributed by atoms with Crippen molar-refractivity contribution >= 4 is 11.6 Å². The van der Waals surface area contributed by atoms with E-state index in [0.29, 0.717) is 5.56 Å². The van der Waals surface area contributed by atoms with Gasteiger partial charge in [-0.05, 0) is 48.9 Å². The van der Waals surface area contributed by atoms with E-state index in [1.165, 1.54) is 0 Å². The van der Waals surface area contributed by atoms with Gasteiger partial charge >= 0.3 is 0 Å². The van der Waals surface area contributed by atoms with E-state index in [2.05, 4.69) is 10.3 Å². The zero-order valence-corrected chi connectivity index (χ0v) is 12.0. The van der Waals surface area contributed by atoms with Gasteiger partial charge in [0, 0.05) is 37.7 Å². The van der Waals surface area contributed by atoms with E-state index in [1.54, 1.807) is 12.4 Å². The quantitative estimate of drug-likeness (QED) is 0.928. The highest BCUT2D eigenvalue weighted by Gasteiger charge is 2.11. The summed E-state index contributed by atoms with van der Waals surface area (Å²) in [5.41, 5.74) is 2.78. The van der Waals surface area contributed by atoms with Gasteiger partial charge in [0.2, 0.25) is 0 Å². The first-order valence-corrected chi connectivity index (χ1v) is 6.56. The lowest BCUT2D eigenvalue weighted by Crippen LogP contribution is -2.26. The van der Waals surface area contributed by atoms with Crippen LogP contribution in [0.25, 0.3) is 0 Å². The number of rotatable bonds is 4. The van der Waals surface area contributed by atoms with Crippen LogP contribution in [0.3, 0.4) is 0 Å². The number of aromatic nitrogens is 1. The van der Waals surface area contributed by atoms with Crippen LogP contribution in [0, 0.1) is 0 Å². The van der Waals surface area contributed by atoms with E-state index in [0.717, 1.165) is 11.3 Å². The van der Waals surface area contributed by atoms with Crippen LogP contribution in [0.4, 0.5) is 5.69 Å². The molecule has 0 aliphatic heterocycles. The van der Waals surface area contributed by atoms with Gasteiger partial charge in [0.1, 0.15) is 0 Å². The lowest BCUT2D eigenvalue weighted by molar-refractivity contribution is 0.0940. The molecule has 0 saturated heterocycles. The molecule has 1 heterocycles. The Morgan fingerprint density at radius 2 is 1.70 bits per heavy atom. The van der Waals surface area contributed by atoms with E-state index < -0.39 is 0 Å². The summed E-state index contributed by atoms with van der Waals surface area (Å²) in [6, 6.07) is 11.3. The van der Waals surface area contributed by atoms with Crippen LogP contribution < -0.4 is 10.2 Å². The molecule has 1 amide bonds. The highest BCUT2D eigenvalue weighted by atomic mass is 16.1. The lowest BCUT2D eigenvalue weighted by Gasteiger charge is -2.15. The number of hydrogen-bond donors (Lipinski definition) is 1. The number of carbonyl (C=O) groups excluding carboxylic acids is 1. The van der Waals surface area contributed by atoms with Gasteiger partial charge in [-0.2, -0.15) is 0 Å². The van der Waals surface area contributed by atoms with Crippen molar-refractivity contribution < 1.29 is 4.79 Å². The van der Waals surface area contributed by atoms with Gasteiger partial charge in [-0.25, -0.2) is 0 Å². The molecule has 1 N–H and O–H groups in total. The molecule has 2 rings (SSSR count). The summed E-state index contributed by atoms with van der Waals surface area (Å²) < 4.78 is 0. The standard InChI is InChI=1S/C16H19N3O/c1-12(13-8-10-17-11-9-13)18-16(20)14-4-6-15(7-5-14)19(2)3/h4-12H,1-3H3,(H,18,20)/t12-/m0/s1. The Morgan fingerprint density at radius 1 is 1.10 bits per heavy atom. The van der Waals surface area contributed by atoms with Gasteiger partial charge in [-0.1, -0.05) is 0 Å². The fourth-order valence-electron chi connectivity index (χ4n) is 1.93. The van der Waals surface area contributed by atoms with Crippen molar-refractivity contribution in [3.05, 3.63) is 59.9 Å². The smallest absolute Gasteiger partial charge is 0.251 e. The fraction of sp³-hybridized carbons (Fsp3) is 0.250. The van der Waals surface area contributed by atoms with E-state index in [4.69, 9.17) is 0 Å². The average Bonchev–Trinajstić information content (AvgIpc) is 2.48. The maximum Gasteiger partial charge on any atom is 0.251 e. The summed E-state index contributed by atoms with van der Waals surface area (Å²) in [7, 11) is 3.95. The summed E-state index contributed by atoms with van der Waals surface area (Å²) in [4.78, 5) is 18.1. The summed E-state index contributed by atoms with van der Waals surface area (Å²) in [6.07, 6.45) is 3.45. The van der Waals surface area contributed by atoms with Crippen molar-refractivity contribution in [1.29, 1.82) is 0 Å². The third-order valence-corrected chi connectivity index (χ3v) is 3.20. The zero-order valence-electron chi connectivity index (χ0n) is 12.0. The third kappa shape index (κ3) is 3.35. The van der Waals surface area contributed by atoms with Crippen molar-refractivity contribution in [3.8, 4) is 0 Å². The van der Waals surface area contributed by atoms with Crippen LogP contribution in [0.2, 0.25) is 0 Å². The summed E-state index contributed by atoms with van der Waals surface area (Å²) in [6.45, 7) is 1.96. The number of anilines is 1. The number of amides is 1. The van der Waals surface area contributed by atoms with Crippen molar-refractivity contribution in [3.63, 3.8) is 0 Å². The van der Waals surface area contributed by atoms with Crippen molar-refractivity contribution in [2.75, 3.05) is 19.0 Å². The van der Waals surface area contributed by atoms with Gasteiger partial charge in [-0.15, -0.1) is 0 Å². The Balaban J connectivity index is 2.05. The Kier molecular flexibility index (Phi) is 4.35. The minimum absolute atomic E-state index is 0.0426. The molecular formula is C16H19N3O. The Morgan fingerprint density at radius 3 is 2.25 bits per heavy atom. The normalized spacial score (nSPS) is 11.8. The number of pyridine rings is 1. The maximum absolute atomic E-state index is 12.2. The molecule has 1 atom stereocenters. The predicted octanol–water partition coefficient (Wildman–Crippen LogP) is 2.64. The first-order valence-electron chi connectivity index (χ1n) is 6.56. The van der Waals surface area contributed by atoms with E-state index >= 15 is 0 Å². The monoisotopic (exact) mass is 269 g/mol. The Bertz CT molecular complexity index is 564. The van der Waals surface area contributed by atoms with Gasteiger partial charge in [0.25, 0.3) is 5.91 Å². The average molecular weight is 269 g/mol. The molecule has 4 heteroatoms. The van der Waals surface area contributed by atoms with Crippen LogP contribution >= 0.6 is 0 Å². The molecule has 0 fully saturated rings. The molecule has 0 unspecified atom stereocenters. The molecule has 20 heavy (non-hydrogen) atoms. The number of benzene rings is 1. The summed E-state index contributed by atoms with van der Waals surface area (Å²) >= 11 is 0. The molecule has 0 aliphatic carbocycles. The SMILES string of the molecule is C[C@H](NC(=O)c1ccc(N(C)C)cc1)c1ccncc1. The fourth-order valence-corrected chi connectivity index (χ4v) is 1.93. The van der Waals surface area contributed by atoms with Gasteiger partial charge in [-0.3, -0.25) is 9.78 Å². The second-order valence-corrected chi connectivity index (χ2v) is 4.92. The Labute approximate surface area is 119 Å². The molecule has 0 spiro atoms. The second-order valence-electron chi connectivity index (χ2n) is 4.92. The van der Waals surface area contributed by atoms with Crippen LogP contribution in [0.1, 0.15) is 28.9 Å². The van der Waals surface area contributed by atoms with Crippen LogP contribution in [0.15, 0.2) is 48.8 Å². The van der Waals surface area contributed by atoms with Crippen molar-refractivity contribution in [2.45, 2.75) is 13.0 Å². The summed E-state index contributed by atoms with van der Waals surface area (Å²) in [5.74, 6) is -0.0698. The van der Waals surface area contributed by atoms with Crippen LogP contribution in [-0.4, -0.2) is 25.0 Å². The van der Waals surface area contributed by atoms with Crippen molar-refractivity contribution in [1.82, 2.24) is 10.3 Å². The topological polar surface area (TPSA) is 45.2 Å². The lowest BCUT2D eigenvalue weighted by atomic mass is 10.1. The highest BCUT2D eigenvalue weighted by molar-refractivity contribution is 5.94. The Hall–Kier alpha value is -2.36. The number of nitrogens with zero attached hydrogens (tertiary/aromatic N) is 2. The van der Waals surface area contributed by atoms with Crippen molar-refractivity contribution in [2.24, 2.45) is 0 Å². The van der Waals surface area contributed by atoms with Crippen LogP contribution in [-0.2, 0) is 0 Å². The molecule has 0 bridgehead atoms. The molecule has 2 aromatic rings. The molecule has 104 valence electrons. The van der Waals surface area contributed by atoms with E-state index in [-0.39, 0.29) is 11.9 Å². The molecule has 1 aromatic heterocycles. The van der Waals surface area contributed by atoms with E-state index in [1.807, 2.05) is 62.3 Å². The molecule has 0 saturated carbocycles. The number of nitrogens with one attached hydrogen (secondary N) is 1. The first kappa shape index (κ1) is 14.1.